The van der Waals surface area contributed by atoms with Gasteiger partial charge in [0.25, 0.3) is 0 Å². The lowest BCUT2D eigenvalue weighted by atomic mass is 10.0. The average Bonchev–Trinajstić information content (AvgIpc) is 2.83. The van der Waals surface area contributed by atoms with Gasteiger partial charge in [0.05, 0.1) is 26.0 Å². The highest BCUT2D eigenvalue weighted by molar-refractivity contribution is 5.80. The lowest BCUT2D eigenvalue weighted by Crippen LogP contribution is -2.40. The molecule has 1 aromatic carbocycles. The Kier molecular flexibility index (Phi) is 8.43. The monoisotopic (exact) mass is 448 g/mol. The number of aliphatic imine (C=N–C) groups is 2. The van der Waals surface area contributed by atoms with Crippen molar-refractivity contribution in [2.45, 2.75) is 38.0 Å². The fourth-order valence-corrected chi connectivity index (χ4v) is 3.51. The molecule has 2 aliphatic heterocycles. The minimum atomic E-state index is -0.725. The summed E-state index contributed by atoms with van der Waals surface area (Å²) in [6.45, 7) is 1.94. The van der Waals surface area contributed by atoms with Crippen LogP contribution in [-0.4, -0.2) is 52.1 Å². The van der Waals surface area contributed by atoms with E-state index in [1.54, 1.807) is 18.6 Å². The molecule has 10 heteroatoms. The molecule has 1 saturated heterocycles. The molecule has 2 heterocycles. The number of nitrogens with one attached hydrogen (secondary N) is 3. The van der Waals surface area contributed by atoms with Gasteiger partial charge in [-0.1, -0.05) is 0 Å². The van der Waals surface area contributed by atoms with E-state index in [0.717, 1.165) is 31.5 Å². The highest BCUT2D eigenvalue weighted by Crippen LogP contribution is 2.32. The van der Waals surface area contributed by atoms with Gasteiger partial charge in [-0.2, -0.15) is 0 Å². The third-order valence-electron chi connectivity index (χ3n) is 5.36. The summed E-state index contributed by atoms with van der Waals surface area (Å²) in [6, 6.07) is 1.49. The summed E-state index contributed by atoms with van der Waals surface area (Å²) in [4.78, 5) is 8.98. The second kappa shape index (κ2) is 11.5. The van der Waals surface area contributed by atoms with Gasteiger partial charge in [-0.3, -0.25) is 4.99 Å². The van der Waals surface area contributed by atoms with Crippen LogP contribution in [0.15, 0.2) is 39.7 Å². The van der Waals surface area contributed by atoms with Crippen molar-refractivity contribution >= 4 is 12.4 Å². The van der Waals surface area contributed by atoms with Gasteiger partial charge in [0.1, 0.15) is 0 Å². The van der Waals surface area contributed by atoms with Crippen LogP contribution in [0.5, 0.6) is 11.5 Å². The van der Waals surface area contributed by atoms with Crippen molar-refractivity contribution in [2.75, 3.05) is 27.3 Å². The third-order valence-corrected chi connectivity index (χ3v) is 5.36. The van der Waals surface area contributed by atoms with Crippen LogP contribution in [0.4, 0.5) is 8.78 Å². The smallest absolute Gasteiger partial charge is 0.193 e. The number of rotatable bonds is 9. The maximum atomic E-state index is 14.5. The summed E-state index contributed by atoms with van der Waals surface area (Å²) >= 11 is 0. The van der Waals surface area contributed by atoms with Crippen molar-refractivity contribution in [3.05, 3.63) is 46.9 Å². The molecule has 1 aromatic rings. The quantitative estimate of drug-likeness (QED) is 0.431. The predicted molar refractivity (Wildman–Crippen MR) is 121 cm³/mol. The van der Waals surface area contributed by atoms with E-state index in [4.69, 9.17) is 15.2 Å². The van der Waals surface area contributed by atoms with Crippen LogP contribution < -0.4 is 31.2 Å². The van der Waals surface area contributed by atoms with E-state index in [1.807, 2.05) is 0 Å². The second-order valence-corrected chi connectivity index (χ2v) is 7.48. The summed E-state index contributed by atoms with van der Waals surface area (Å²) in [5.74, 6) is -1.56. The molecule has 2 aliphatic rings. The third kappa shape index (κ3) is 5.97. The Morgan fingerprint density at radius 1 is 1.22 bits per heavy atom. The zero-order valence-corrected chi connectivity index (χ0v) is 18.3. The summed E-state index contributed by atoms with van der Waals surface area (Å²) < 4.78 is 39.0. The standard InChI is InChI=1S/C22H30F2N6O2/c1-31-18-9-19(32-2)21(24)17(20(18)23)4-3-14-11-28-22(29-12-14)30-16(10-25)13-27-15-5-7-26-8-6-15/h9-13,15,22,26,28,30H,3-8,25H2,1-2H3. The number of nitrogens with two attached hydrogens (primary N) is 1. The second-order valence-electron chi connectivity index (χ2n) is 7.48. The zero-order valence-electron chi connectivity index (χ0n) is 18.3. The maximum absolute atomic E-state index is 14.5. The normalized spacial score (nSPS) is 19.6. The van der Waals surface area contributed by atoms with Crippen LogP contribution in [0.25, 0.3) is 0 Å². The molecule has 0 bridgehead atoms. The summed E-state index contributed by atoms with van der Waals surface area (Å²) in [5, 5.41) is 9.56. The lowest BCUT2D eigenvalue weighted by molar-refractivity contribution is 0.353. The first kappa shape index (κ1) is 23.5. The van der Waals surface area contributed by atoms with Gasteiger partial charge in [0.15, 0.2) is 29.4 Å². The lowest BCUT2D eigenvalue weighted by Gasteiger charge is -2.22. The predicted octanol–water partition coefficient (Wildman–Crippen LogP) is 1.97. The van der Waals surface area contributed by atoms with E-state index in [9.17, 15) is 8.78 Å². The van der Waals surface area contributed by atoms with Crippen molar-refractivity contribution in [1.29, 1.82) is 0 Å². The molecule has 0 aromatic heterocycles. The Bertz CT molecular complexity index is 882. The molecule has 174 valence electrons. The Labute approximate surface area is 186 Å². The Morgan fingerprint density at radius 3 is 2.47 bits per heavy atom. The van der Waals surface area contributed by atoms with Crippen LogP contribution in [0.3, 0.4) is 0 Å². The van der Waals surface area contributed by atoms with Gasteiger partial charge in [0.2, 0.25) is 0 Å². The van der Waals surface area contributed by atoms with Gasteiger partial charge in [-0.05, 0) is 44.3 Å². The van der Waals surface area contributed by atoms with Crippen molar-refractivity contribution in [1.82, 2.24) is 16.0 Å². The fourth-order valence-electron chi connectivity index (χ4n) is 3.51. The van der Waals surface area contributed by atoms with Crippen LogP contribution in [0.1, 0.15) is 24.8 Å². The number of nitrogens with zero attached hydrogens (tertiary/aromatic N) is 2. The van der Waals surface area contributed by atoms with Gasteiger partial charge in [-0.15, -0.1) is 0 Å². The van der Waals surface area contributed by atoms with E-state index < -0.39 is 17.9 Å². The molecule has 0 saturated carbocycles. The molecular formula is C22H30F2N6O2. The van der Waals surface area contributed by atoms with Crippen LogP contribution in [0.2, 0.25) is 0 Å². The molecule has 32 heavy (non-hydrogen) atoms. The van der Waals surface area contributed by atoms with Crippen LogP contribution in [-0.2, 0) is 6.42 Å². The van der Waals surface area contributed by atoms with E-state index in [1.165, 1.54) is 26.5 Å². The van der Waals surface area contributed by atoms with Gasteiger partial charge in [0, 0.05) is 36.5 Å². The zero-order chi connectivity index (χ0) is 22.9. The number of allylic oxidation sites excluding steroid dienone is 2. The Balaban J connectivity index is 1.55. The van der Waals surface area contributed by atoms with Gasteiger partial charge in [-0.25, -0.2) is 13.8 Å². The van der Waals surface area contributed by atoms with Gasteiger partial charge < -0.3 is 31.2 Å². The first-order valence-corrected chi connectivity index (χ1v) is 10.5. The summed E-state index contributed by atoms with van der Waals surface area (Å²) in [5.41, 5.74) is 7.07. The number of benzene rings is 1. The fraction of sp³-hybridized carbons (Fsp3) is 0.455. The van der Waals surface area contributed by atoms with Crippen molar-refractivity contribution in [3.8, 4) is 11.5 Å². The molecule has 1 unspecified atom stereocenters. The molecule has 3 rings (SSSR count). The van der Waals surface area contributed by atoms with E-state index >= 15 is 0 Å². The SMILES string of the molecule is COc1cc(OC)c(F)c(CCC2=CNC(NC(C=NC3CCNCC3)=CN)N=C2)c1F. The molecule has 8 nitrogen and oxygen atoms in total. The molecule has 0 radical (unpaired) electrons. The van der Waals surface area contributed by atoms with Crippen LogP contribution >= 0.6 is 0 Å². The molecule has 0 aliphatic carbocycles. The number of hydrogen-bond donors (Lipinski definition) is 4. The molecule has 0 amide bonds. The number of halogens is 2. The van der Waals surface area contributed by atoms with E-state index in [2.05, 4.69) is 25.9 Å². The minimum absolute atomic E-state index is 0.0563. The first-order valence-electron chi connectivity index (χ1n) is 10.5. The highest BCUT2D eigenvalue weighted by Gasteiger charge is 2.20. The maximum Gasteiger partial charge on any atom is 0.193 e. The van der Waals surface area contributed by atoms with E-state index in [0.29, 0.717) is 18.2 Å². The largest absolute Gasteiger partial charge is 0.494 e. The van der Waals surface area contributed by atoms with E-state index in [-0.39, 0.29) is 23.5 Å². The first-order chi connectivity index (χ1) is 15.5. The Hall–Kier alpha value is -3.14. The van der Waals surface area contributed by atoms with Crippen molar-refractivity contribution < 1.29 is 18.3 Å². The van der Waals surface area contributed by atoms with Crippen molar-refractivity contribution in [3.63, 3.8) is 0 Å². The molecule has 1 fully saturated rings. The molecule has 1 atom stereocenters. The topological polar surface area (TPSA) is 105 Å². The average molecular weight is 449 g/mol. The Morgan fingerprint density at radius 2 is 1.91 bits per heavy atom. The minimum Gasteiger partial charge on any atom is -0.494 e. The van der Waals surface area contributed by atoms with Crippen molar-refractivity contribution in [2.24, 2.45) is 15.7 Å². The van der Waals surface area contributed by atoms with Crippen LogP contribution in [0, 0.1) is 11.6 Å². The number of ether oxygens (including phenoxy) is 2. The molecule has 0 spiro atoms. The summed E-state index contributed by atoms with van der Waals surface area (Å²) in [6.07, 6.45) is 8.69. The number of piperidine rings is 1. The highest BCUT2D eigenvalue weighted by atomic mass is 19.1. The molecule has 5 N–H and O–H groups in total. The summed E-state index contributed by atoms with van der Waals surface area (Å²) in [7, 11) is 2.65. The van der Waals surface area contributed by atoms with Gasteiger partial charge >= 0.3 is 0 Å². The molecular weight excluding hydrogens is 418 g/mol. The number of methoxy groups -OCH3 is 2. The number of hydrogen-bond acceptors (Lipinski definition) is 8.